The fraction of sp³-hybridized carbons (Fsp3) is 0.231. The summed E-state index contributed by atoms with van der Waals surface area (Å²) in [6, 6.07) is 3.11. The van der Waals surface area contributed by atoms with E-state index in [1.54, 1.807) is 6.92 Å². The number of hydrogen-bond donors (Lipinski definition) is 0. The van der Waals surface area contributed by atoms with E-state index in [1.165, 1.54) is 12.1 Å². The van der Waals surface area contributed by atoms with Crippen LogP contribution < -0.4 is 10.3 Å². The Kier molecular flexibility index (Phi) is 4.67. The third-order valence-electron chi connectivity index (χ3n) is 2.66. The lowest BCUT2D eigenvalue weighted by molar-refractivity contribution is -0.138. The van der Waals surface area contributed by atoms with Gasteiger partial charge in [-0.25, -0.2) is 0 Å². The summed E-state index contributed by atoms with van der Waals surface area (Å²) < 4.78 is 43.6. The minimum absolute atomic E-state index is 0.0582. The minimum atomic E-state index is -4.65. The maximum absolute atomic E-state index is 12.5. The second kappa shape index (κ2) is 6.18. The molecule has 0 saturated heterocycles. The topological polar surface area (TPSA) is 44.1 Å². The summed E-state index contributed by atoms with van der Waals surface area (Å²) in [5.74, 6) is 0.247. The van der Waals surface area contributed by atoms with E-state index in [1.807, 2.05) is 0 Å². The highest BCUT2D eigenvalue weighted by Gasteiger charge is 2.31. The molecule has 0 radical (unpaired) electrons. The monoisotopic (exact) mass is 352 g/mol. The van der Waals surface area contributed by atoms with Crippen LogP contribution >= 0.6 is 23.2 Å². The Hall–Kier alpha value is -1.73. The van der Waals surface area contributed by atoms with E-state index in [0.717, 1.165) is 4.68 Å². The molecule has 22 heavy (non-hydrogen) atoms. The van der Waals surface area contributed by atoms with Crippen LogP contribution in [0.4, 0.5) is 13.2 Å². The lowest BCUT2D eigenvalue weighted by Crippen LogP contribution is -2.23. The van der Waals surface area contributed by atoms with Gasteiger partial charge in [0.2, 0.25) is 0 Å². The second-order valence-corrected chi connectivity index (χ2v) is 4.97. The summed E-state index contributed by atoms with van der Waals surface area (Å²) in [6.07, 6.45) is -4.10. The zero-order valence-electron chi connectivity index (χ0n) is 11.1. The van der Waals surface area contributed by atoms with E-state index >= 15 is 0 Å². The van der Waals surface area contributed by atoms with Crippen molar-refractivity contribution in [2.75, 3.05) is 6.61 Å². The molecule has 0 spiro atoms. The molecule has 0 aliphatic heterocycles. The first kappa shape index (κ1) is 16.6. The maximum atomic E-state index is 12.5. The van der Waals surface area contributed by atoms with Crippen molar-refractivity contribution in [1.29, 1.82) is 0 Å². The predicted molar refractivity (Wildman–Crippen MR) is 76.0 cm³/mol. The Morgan fingerprint density at radius 2 is 1.91 bits per heavy atom. The van der Waals surface area contributed by atoms with Gasteiger partial charge < -0.3 is 4.74 Å². The van der Waals surface area contributed by atoms with Gasteiger partial charge in [0.05, 0.1) is 34.1 Å². The highest BCUT2D eigenvalue weighted by Crippen LogP contribution is 2.33. The van der Waals surface area contributed by atoms with Crippen molar-refractivity contribution in [3.63, 3.8) is 0 Å². The summed E-state index contributed by atoms with van der Waals surface area (Å²) in [7, 11) is 0. The van der Waals surface area contributed by atoms with Crippen LogP contribution in [0, 0.1) is 0 Å². The number of rotatable bonds is 3. The van der Waals surface area contributed by atoms with Gasteiger partial charge in [-0.1, -0.05) is 23.2 Å². The number of halogens is 5. The first-order chi connectivity index (χ1) is 10.2. The van der Waals surface area contributed by atoms with Gasteiger partial charge in [-0.3, -0.25) is 4.79 Å². The van der Waals surface area contributed by atoms with E-state index in [4.69, 9.17) is 27.9 Å². The molecular weight excluding hydrogens is 344 g/mol. The quantitative estimate of drug-likeness (QED) is 0.839. The molecule has 0 saturated carbocycles. The van der Waals surface area contributed by atoms with Crippen LogP contribution in [-0.4, -0.2) is 16.4 Å². The van der Waals surface area contributed by atoms with E-state index in [2.05, 4.69) is 5.10 Å². The first-order valence-corrected chi connectivity index (χ1v) is 6.78. The molecule has 0 aliphatic carbocycles. The molecule has 0 bridgehead atoms. The zero-order chi connectivity index (χ0) is 16.5. The summed E-state index contributed by atoms with van der Waals surface area (Å²) >= 11 is 11.9. The lowest BCUT2D eigenvalue weighted by atomic mass is 10.2. The van der Waals surface area contributed by atoms with E-state index < -0.39 is 17.3 Å². The molecule has 9 heteroatoms. The number of benzene rings is 1. The number of ether oxygens (including phenoxy) is 1. The largest absolute Gasteiger partial charge is 0.492 e. The Balaban J connectivity index is 2.57. The van der Waals surface area contributed by atoms with Gasteiger partial charge in [-0.2, -0.15) is 23.0 Å². The molecule has 0 atom stereocenters. The number of alkyl halides is 3. The van der Waals surface area contributed by atoms with Crippen molar-refractivity contribution in [2.24, 2.45) is 0 Å². The average Bonchev–Trinajstić information content (AvgIpc) is 2.41. The molecule has 1 aromatic heterocycles. The van der Waals surface area contributed by atoms with Gasteiger partial charge in [0, 0.05) is 12.1 Å². The van der Waals surface area contributed by atoms with E-state index in [0.29, 0.717) is 18.9 Å². The van der Waals surface area contributed by atoms with Gasteiger partial charge in [-0.15, -0.1) is 0 Å². The van der Waals surface area contributed by atoms with Gasteiger partial charge >= 0.3 is 6.18 Å². The number of aromatic nitrogens is 2. The van der Waals surface area contributed by atoms with Gasteiger partial charge in [-0.05, 0) is 13.0 Å². The van der Waals surface area contributed by atoms with Gasteiger partial charge in [0.1, 0.15) is 5.75 Å². The molecule has 0 aliphatic rings. The fourth-order valence-corrected chi connectivity index (χ4v) is 2.21. The summed E-state index contributed by atoms with van der Waals surface area (Å²) in [5, 5.41) is 3.78. The van der Waals surface area contributed by atoms with Crippen LogP contribution in [-0.2, 0) is 6.18 Å². The molecule has 118 valence electrons. The Bertz CT molecular complexity index is 760. The molecule has 0 N–H and O–H groups in total. The van der Waals surface area contributed by atoms with Gasteiger partial charge in [0.15, 0.2) is 0 Å². The van der Waals surface area contributed by atoms with Crippen molar-refractivity contribution < 1.29 is 17.9 Å². The molecule has 0 unspecified atom stereocenters. The SMILES string of the molecule is CCOc1cc(-n2ncc(C(F)(F)F)cc2=O)c(Cl)cc1Cl. The Labute approximate surface area is 133 Å². The molecular formula is C13H9Cl2F3N2O2. The van der Waals surface area contributed by atoms with E-state index in [9.17, 15) is 18.0 Å². The Morgan fingerprint density at radius 1 is 1.23 bits per heavy atom. The second-order valence-electron chi connectivity index (χ2n) is 4.16. The molecule has 2 aromatic rings. The number of nitrogens with zero attached hydrogens (tertiary/aromatic N) is 2. The minimum Gasteiger partial charge on any atom is -0.492 e. The maximum Gasteiger partial charge on any atom is 0.418 e. The molecule has 0 fully saturated rings. The van der Waals surface area contributed by atoms with Gasteiger partial charge in [0.25, 0.3) is 5.56 Å². The zero-order valence-corrected chi connectivity index (χ0v) is 12.6. The molecule has 4 nitrogen and oxygen atoms in total. The van der Waals surface area contributed by atoms with Crippen molar-refractivity contribution in [1.82, 2.24) is 9.78 Å². The van der Waals surface area contributed by atoms with Crippen molar-refractivity contribution in [3.05, 3.63) is 50.4 Å². The smallest absolute Gasteiger partial charge is 0.418 e. The first-order valence-electron chi connectivity index (χ1n) is 6.03. The van der Waals surface area contributed by atoms with Crippen LogP contribution in [0.5, 0.6) is 5.75 Å². The third kappa shape index (κ3) is 3.36. The standard InChI is InChI=1S/C13H9Cl2F3N2O2/c1-2-22-11-5-10(8(14)4-9(11)15)20-12(21)3-7(6-19-20)13(16,17)18/h3-6H,2H2,1H3. The van der Waals surface area contributed by atoms with Crippen LogP contribution in [0.2, 0.25) is 10.0 Å². The van der Waals surface area contributed by atoms with Crippen LogP contribution in [0.1, 0.15) is 12.5 Å². The summed E-state index contributed by atoms with van der Waals surface area (Å²) in [6.45, 7) is 2.04. The van der Waals surface area contributed by atoms with Crippen molar-refractivity contribution >= 4 is 23.2 Å². The third-order valence-corrected chi connectivity index (χ3v) is 3.25. The molecule has 2 rings (SSSR count). The highest BCUT2D eigenvalue weighted by molar-refractivity contribution is 6.36. The van der Waals surface area contributed by atoms with Crippen molar-refractivity contribution in [2.45, 2.75) is 13.1 Å². The fourth-order valence-electron chi connectivity index (χ4n) is 1.69. The molecule has 0 amide bonds. The normalized spacial score (nSPS) is 11.5. The molecule has 1 aromatic carbocycles. The highest BCUT2D eigenvalue weighted by atomic mass is 35.5. The lowest BCUT2D eigenvalue weighted by Gasteiger charge is -2.12. The summed E-state index contributed by atoms with van der Waals surface area (Å²) in [4.78, 5) is 11.9. The van der Waals surface area contributed by atoms with Crippen LogP contribution in [0.25, 0.3) is 5.69 Å². The predicted octanol–water partition coefficient (Wildman–Crippen LogP) is 3.96. The average molecular weight is 353 g/mol. The van der Waals surface area contributed by atoms with Crippen molar-refractivity contribution in [3.8, 4) is 11.4 Å². The van der Waals surface area contributed by atoms with E-state index in [-0.39, 0.29) is 21.5 Å². The molecule has 1 heterocycles. The number of hydrogen-bond acceptors (Lipinski definition) is 3. The van der Waals surface area contributed by atoms with Crippen LogP contribution in [0.15, 0.2) is 29.2 Å². The summed E-state index contributed by atoms with van der Waals surface area (Å²) in [5.41, 5.74) is -2.03. The Morgan fingerprint density at radius 3 is 2.45 bits per heavy atom. The van der Waals surface area contributed by atoms with Crippen LogP contribution in [0.3, 0.4) is 0 Å².